The molecule has 6 heteroatoms. The van der Waals surface area contributed by atoms with Gasteiger partial charge in [-0.25, -0.2) is 9.78 Å². The fourth-order valence-corrected chi connectivity index (χ4v) is 2.61. The first-order chi connectivity index (χ1) is 9.65. The first kappa shape index (κ1) is 14.6. The highest BCUT2D eigenvalue weighted by Crippen LogP contribution is 2.19. The number of hydrogen-bond donors (Lipinski definition) is 2. The molecule has 0 saturated carbocycles. The molecule has 0 radical (unpaired) electrons. The molecule has 2 heterocycles. The highest BCUT2D eigenvalue weighted by Gasteiger charge is 2.22. The second-order valence-electron chi connectivity index (χ2n) is 4.95. The van der Waals surface area contributed by atoms with Gasteiger partial charge in [0.25, 0.3) is 0 Å². The van der Waals surface area contributed by atoms with Crippen LogP contribution in [0.3, 0.4) is 0 Å². The number of pyridine rings is 1. The average molecular weight is 278 g/mol. The Kier molecular flexibility index (Phi) is 4.79. The van der Waals surface area contributed by atoms with Gasteiger partial charge in [-0.05, 0) is 32.0 Å². The number of methoxy groups -OCH3 is 1. The number of esters is 1. The third kappa shape index (κ3) is 3.19. The number of nitrogens with two attached hydrogens (primary N) is 1. The number of anilines is 2. The molecule has 110 valence electrons. The number of likely N-dealkylation sites (tertiary alicyclic amines) is 1. The van der Waals surface area contributed by atoms with Gasteiger partial charge in [-0.1, -0.05) is 6.92 Å². The van der Waals surface area contributed by atoms with Gasteiger partial charge >= 0.3 is 5.97 Å². The van der Waals surface area contributed by atoms with E-state index in [1.165, 1.54) is 26.1 Å². The fourth-order valence-electron chi connectivity index (χ4n) is 2.61. The van der Waals surface area contributed by atoms with Crippen molar-refractivity contribution in [2.45, 2.75) is 25.8 Å². The zero-order chi connectivity index (χ0) is 14.5. The number of nitrogens with zero attached hydrogens (tertiary/aromatic N) is 2. The largest absolute Gasteiger partial charge is 0.465 e. The number of aromatic nitrogens is 1. The van der Waals surface area contributed by atoms with Crippen LogP contribution in [0.4, 0.5) is 11.5 Å². The summed E-state index contributed by atoms with van der Waals surface area (Å²) in [6, 6.07) is 2.17. The molecule has 1 unspecified atom stereocenters. The van der Waals surface area contributed by atoms with Crippen LogP contribution in [0.1, 0.15) is 30.1 Å². The lowest BCUT2D eigenvalue weighted by molar-refractivity contribution is 0.0602. The van der Waals surface area contributed by atoms with Crippen molar-refractivity contribution in [2.24, 2.45) is 0 Å². The van der Waals surface area contributed by atoms with E-state index in [4.69, 9.17) is 10.5 Å². The van der Waals surface area contributed by atoms with Gasteiger partial charge in [0, 0.05) is 12.6 Å². The Labute approximate surface area is 119 Å². The fraction of sp³-hybridized carbons (Fsp3) is 0.571. The average Bonchev–Trinajstić information content (AvgIpc) is 2.93. The van der Waals surface area contributed by atoms with Gasteiger partial charge in [-0.3, -0.25) is 4.90 Å². The predicted molar refractivity (Wildman–Crippen MR) is 78.7 cm³/mol. The molecular weight excluding hydrogens is 256 g/mol. The zero-order valence-corrected chi connectivity index (χ0v) is 12.1. The Bertz CT molecular complexity index is 478. The summed E-state index contributed by atoms with van der Waals surface area (Å²) < 4.78 is 4.70. The molecule has 20 heavy (non-hydrogen) atoms. The molecule has 1 aromatic rings. The second-order valence-corrected chi connectivity index (χ2v) is 4.95. The van der Waals surface area contributed by atoms with Crippen LogP contribution < -0.4 is 11.1 Å². The lowest BCUT2D eigenvalue weighted by atomic mass is 10.2. The number of likely N-dealkylation sites (N-methyl/N-ethyl adjacent to an activating group) is 1. The van der Waals surface area contributed by atoms with Crippen LogP contribution in [0.2, 0.25) is 0 Å². The van der Waals surface area contributed by atoms with Crippen LogP contribution in [-0.4, -0.2) is 48.6 Å². The Morgan fingerprint density at radius 1 is 1.65 bits per heavy atom. The molecule has 0 amide bonds. The van der Waals surface area contributed by atoms with Gasteiger partial charge in [-0.15, -0.1) is 0 Å². The first-order valence-corrected chi connectivity index (χ1v) is 6.97. The van der Waals surface area contributed by atoms with Crippen molar-refractivity contribution in [3.8, 4) is 0 Å². The molecule has 1 saturated heterocycles. The van der Waals surface area contributed by atoms with Crippen molar-refractivity contribution < 1.29 is 9.53 Å². The third-order valence-corrected chi connectivity index (χ3v) is 3.76. The number of nitrogens with one attached hydrogen (secondary N) is 1. The number of carbonyl (C=O) groups excluding carboxylic acids is 1. The summed E-state index contributed by atoms with van der Waals surface area (Å²) in [7, 11) is 1.34. The maximum atomic E-state index is 11.6. The smallest absolute Gasteiger partial charge is 0.340 e. The van der Waals surface area contributed by atoms with E-state index in [0.29, 0.717) is 23.1 Å². The zero-order valence-electron chi connectivity index (χ0n) is 12.1. The summed E-state index contributed by atoms with van der Waals surface area (Å²) >= 11 is 0. The van der Waals surface area contributed by atoms with Crippen molar-refractivity contribution in [3.63, 3.8) is 0 Å². The van der Waals surface area contributed by atoms with Gasteiger partial charge in [0.2, 0.25) is 0 Å². The van der Waals surface area contributed by atoms with E-state index in [-0.39, 0.29) is 0 Å². The summed E-state index contributed by atoms with van der Waals surface area (Å²) in [4.78, 5) is 18.2. The Morgan fingerprint density at radius 2 is 2.45 bits per heavy atom. The number of rotatable bonds is 5. The molecule has 0 aliphatic carbocycles. The molecule has 0 spiro atoms. The minimum absolute atomic E-state index is 0.332. The van der Waals surface area contributed by atoms with E-state index in [9.17, 15) is 4.79 Å². The SMILES string of the molecule is CCN1CCCC1CNc1cc(C(=O)OC)c(N)cn1. The number of nitrogen functional groups attached to an aromatic ring is 1. The summed E-state index contributed by atoms with van der Waals surface area (Å²) in [6.07, 6.45) is 3.92. The van der Waals surface area contributed by atoms with Gasteiger partial charge in [-0.2, -0.15) is 0 Å². The van der Waals surface area contributed by atoms with Crippen LogP contribution in [0.5, 0.6) is 0 Å². The summed E-state index contributed by atoms with van der Waals surface area (Å²) in [5.74, 6) is 0.214. The summed E-state index contributed by atoms with van der Waals surface area (Å²) in [6.45, 7) is 5.22. The van der Waals surface area contributed by atoms with Crippen molar-refractivity contribution >= 4 is 17.5 Å². The Balaban J connectivity index is 2.01. The van der Waals surface area contributed by atoms with E-state index in [1.54, 1.807) is 6.07 Å². The molecule has 6 nitrogen and oxygen atoms in total. The lowest BCUT2D eigenvalue weighted by Crippen LogP contribution is -2.34. The third-order valence-electron chi connectivity index (χ3n) is 3.76. The normalized spacial score (nSPS) is 19.0. The van der Waals surface area contributed by atoms with E-state index >= 15 is 0 Å². The van der Waals surface area contributed by atoms with E-state index < -0.39 is 5.97 Å². The van der Waals surface area contributed by atoms with Crippen molar-refractivity contribution in [1.29, 1.82) is 0 Å². The van der Waals surface area contributed by atoms with Crippen molar-refractivity contribution in [2.75, 3.05) is 37.8 Å². The Hall–Kier alpha value is -1.82. The number of carbonyl (C=O) groups is 1. The summed E-state index contributed by atoms with van der Waals surface area (Å²) in [5.41, 5.74) is 6.41. The summed E-state index contributed by atoms with van der Waals surface area (Å²) in [5, 5.41) is 3.28. The second kappa shape index (κ2) is 6.56. The lowest BCUT2D eigenvalue weighted by Gasteiger charge is -2.23. The number of ether oxygens (including phenoxy) is 1. The molecular formula is C14H22N4O2. The van der Waals surface area contributed by atoms with Crippen LogP contribution >= 0.6 is 0 Å². The topological polar surface area (TPSA) is 80.5 Å². The van der Waals surface area contributed by atoms with Gasteiger partial charge < -0.3 is 15.8 Å². The molecule has 1 aliphatic heterocycles. The molecule has 1 aromatic heterocycles. The molecule has 1 fully saturated rings. The Morgan fingerprint density at radius 3 is 3.15 bits per heavy atom. The van der Waals surface area contributed by atoms with Gasteiger partial charge in [0.15, 0.2) is 0 Å². The highest BCUT2D eigenvalue weighted by atomic mass is 16.5. The quantitative estimate of drug-likeness (QED) is 0.791. The molecule has 0 bridgehead atoms. The standard InChI is InChI=1S/C14H22N4O2/c1-3-18-6-4-5-10(18)8-16-13-7-11(14(19)20-2)12(15)9-17-13/h7,9-10H,3-6,8,15H2,1-2H3,(H,16,17). The van der Waals surface area contributed by atoms with Crippen LogP contribution in [0, 0.1) is 0 Å². The van der Waals surface area contributed by atoms with E-state index in [0.717, 1.165) is 19.6 Å². The minimum Gasteiger partial charge on any atom is -0.465 e. The monoisotopic (exact) mass is 278 g/mol. The van der Waals surface area contributed by atoms with E-state index in [1.807, 2.05) is 0 Å². The molecule has 1 atom stereocenters. The highest BCUT2D eigenvalue weighted by molar-refractivity contribution is 5.95. The van der Waals surface area contributed by atoms with Gasteiger partial charge in [0.05, 0.1) is 24.6 Å². The molecule has 0 aromatic carbocycles. The maximum absolute atomic E-state index is 11.6. The molecule has 1 aliphatic rings. The first-order valence-electron chi connectivity index (χ1n) is 6.97. The molecule has 2 rings (SSSR count). The van der Waals surface area contributed by atoms with Crippen LogP contribution in [0.15, 0.2) is 12.3 Å². The minimum atomic E-state index is -0.441. The maximum Gasteiger partial charge on any atom is 0.340 e. The van der Waals surface area contributed by atoms with Crippen molar-refractivity contribution in [1.82, 2.24) is 9.88 Å². The van der Waals surface area contributed by atoms with Crippen LogP contribution in [0.25, 0.3) is 0 Å². The predicted octanol–water partition coefficient (Wildman–Crippen LogP) is 1.35. The van der Waals surface area contributed by atoms with E-state index in [2.05, 4.69) is 22.1 Å². The van der Waals surface area contributed by atoms with Crippen LogP contribution in [-0.2, 0) is 4.74 Å². The number of hydrogen-bond acceptors (Lipinski definition) is 6. The van der Waals surface area contributed by atoms with Gasteiger partial charge in [0.1, 0.15) is 5.82 Å². The van der Waals surface area contributed by atoms with Crippen molar-refractivity contribution in [3.05, 3.63) is 17.8 Å². The molecule has 3 N–H and O–H groups in total.